The van der Waals surface area contributed by atoms with Crippen molar-refractivity contribution in [3.05, 3.63) is 40.8 Å². The van der Waals surface area contributed by atoms with Crippen LogP contribution in [0, 0.1) is 11.3 Å². The third-order valence-corrected chi connectivity index (χ3v) is 2.31. The number of halogens is 1. The molecule has 0 fully saturated rings. The summed E-state index contributed by atoms with van der Waals surface area (Å²) in [6.07, 6.45) is 3.25. The highest BCUT2D eigenvalue weighted by Crippen LogP contribution is 2.09. The van der Waals surface area contributed by atoms with Crippen LogP contribution < -0.4 is 0 Å². The second-order valence-electron chi connectivity index (χ2n) is 3.26. The Kier molecular flexibility index (Phi) is 4.14. The molecule has 0 atom stereocenters. The average Bonchev–Trinajstić information content (AvgIpc) is 2.22. The molecule has 0 saturated heterocycles. The van der Waals surface area contributed by atoms with Gasteiger partial charge in [-0.1, -0.05) is 17.7 Å². The van der Waals surface area contributed by atoms with E-state index in [-0.39, 0.29) is 0 Å². The van der Waals surface area contributed by atoms with E-state index in [9.17, 15) is 0 Å². The minimum absolute atomic E-state index is 0.491. The molecule has 0 radical (unpaired) electrons. The van der Waals surface area contributed by atoms with Gasteiger partial charge >= 0.3 is 0 Å². The molecule has 0 aliphatic carbocycles. The lowest BCUT2D eigenvalue weighted by atomic mass is 10.2. The van der Waals surface area contributed by atoms with Crippen molar-refractivity contribution in [3.8, 4) is 6.07 Å². The van der Waals surface area contributed by atoms with Gasteiger partial charge in [0.2, 0.25) is 0 Å². The Hall–Kier alpha value is -1.53. The summed E-state index contributed by atoms with van der Waals surface area (Å²) in [7, 11) is 1.93. The van der Waals surface area contributed by atoms with Crippen LogP contribution in [-0.2, 0) is 6.54 Å². The number of nitrogens with zero attached hydrogens (tertiary/aromatic N) is 3. The van der Waals surface area contributed by atoms with Crippen molar-refractivity contribution in [1.29, 1.82) is 5.26 Å². The van der Waals surface area contributed by atoms with Crippen LogP contribution in [0.25, 0.3) is 0 Å². The Labute approximate surface area is 94.6 Å². The average molecular weight is 222 g/mol. The van der Waals surface area contributed by atoms with Crippen LogP contribution in [-0.4, -0.2) is 16.9 Å². The molecule has 0 aliphatic rings. The number of hydrogen-bond donors (Lipinski definition) is 0. The van der Waals surface area contributed by atoms with Crippen molar-refractivity contribution in [1.82, 2.24) is 9.88 Å². The highest BCUT2D eigenvalue weighted by molar-refractivity contribution is 6.29. The van der Waals surface area contributed by atoms with Crippen molar-refractivity contribution in [3.63, 3.8) is 0 Å². The molecule has 78 valence electrons. The van der Waals surface area contributed by atoms with Gasteiger partial charge in [-0.05, 0) is 18.6 Å². The highest BCUT2D eigenvalue weighted by atomic mass is 35.5. The summed E-state index contributed by atoms with van der Waals surface area (Å²) >= 11 is 5.68. The van der Waals surface area contributed by atoms with Crippen LogP contribution in [0.1, 0.15) is 12.5 Å². The summed E-state index contributed by atoms with van der Waals surface area (Å²) in [4.78, 5) is 5.97. The van der Waals surface area contributed by atoms with Crippen LogP contribution in [0.2, 0.25) is 5.15 Å². The molecular formula is C11H12ClN3. The highest BCUT2D eigenvalue weighted by Gasteiger charge is 2.01. The summed E-state index contributed by atoms with van der Waals surface area (Å²) in [6.45, 7) is 2.61. The second-order valence-corrected chi connectivity index (χ2v) is 3.65. The maximum absolute atomic E-state index is 8.51. The topological polar surface area (TPSA) is 39.9 Å². The smallest absolute Gasteiger partial charge is 0.129 e. The first-order valence-corrected chi connectivity index (χ1v) is 4.89. The lowest BCUT2D eigenvalue weighted by Crippen LogP contribution is -2.15. The van der Waals surface area contributed by atoms with Gasteiger partial charge in [0.15, 0.2) is 0 Å². The van der Waals surface area contributed by atoms with E-state index in [0.717, 1.165) is 11.3 Å². The normalized spacial score (nSPS) is 10.9. The largest absolute Gasteiger partial charge is 0.373 e. The molecule has 0 amide bonds. The molecule has 0 bridgehead atoms. The maximum Gasteiger partial charge on any atom is 0.129 e. The van der Waals surface area contributed by atoms with Crippen molar-refractivity contribution in [2.24, 2.45) is 0 Å². The molecule has 0 aromatic carbocycles. The molecule has 3 nitrogen and oxygen atoms in total. The van der Waals surface area contributed by atoms with Gasteiger partial charge in [0, 0.05) is 31.6 Å². The Morgan fingerprint density at radius 3 is 2.93 bits per heavy atom. The second kappa shape index (κ2) is 5.38. The molecule has 1 aromatic heterocycles. The van der Waals surface area contributed by atoms with Gasteiger partial charge in [0.05, 0.1) is 6.07 Å². The number of nitriles is 1. The van der Waals surface area contributed by atoms with Gasteiger partial charge in [-0.25, -0.2) is 4.98 Å². The number of aromatic nitrogens is 1. The van der Waals surface area contributed by atoms with Crippen LogP contribution in [0.4, 0.5) is 0 Å². The van der Waals surface area contributed by atoms with E-state index in [2.05, 4.69) is 4.98 Å². The van der Waals surface area contributed by atoms with Gasteiger partial charge in [0.25, 0.3) is 0 Å². The Morgan fingerprint density at radius 2 is 2.40 bits per heavy atom. The molecule has 0 N–H and O–H groups in total. The Morgan fingerprint density at radius 1 is 1.67 bits per heavy atom. The SMILES string of the molecule is CC(=CC#N)N(C)Cc1ccc(Cl)nc1. The van der Waals surface area contributed by atoms with E-state index < -0.39 is 0 Å². The van der Waals surface area contributed by atoms with E-state index in [0.29, 0.717) is 11.7 Å². The zero-order valence-corrected chi connectivity index (χ0v) is 9.49. The number of allylic oxidation sites excluding steroid dienone is 2. The molecule has 1 aromatic rings. The van der Waals surface area contributed by atoms with Crippen molar-refractivity contribution < 1.29 is 0 Å². The fraction of sp³-hybridized carbons (Fsp3) is 0.273. The van der Waals surface area contributed by atoms with Crippen LogP contribution in [0.15, 0.2) is 30.1 Å². The molecular weight excluding hydrogens is 210 g/mol. The van der Waals surface area contributed by atoms with Crippen LogP contribution in [0.5, 0.6) is 0 Å². The predicted octanol–water partition coefficient (Wildman–Crippen LogP) is 2.59. The third-order valence-electron chi connectivity index (χ3n) is 2.08. The lowest BCUT2D eigenvalue weighted by Gasteiger charge is -2.18. The molecule has 4 heteroatoms. The number of hydrogen-bond acceptors (Lipinski definition) is 3. The summed E-state index contributed by atoms with van der Waals surface area (Å²) in [5.41, 5.74) is 1.99. The molecule has 1 rings (SSSR count). The van der Waals surface area contributed by atoms with Gasteiger partial charge in [0.1, 0.15) is 5.15 Å². The monoisotopic (exact) mass is 221 g/mol. The third kappa shape index (κ3) is 3.61. The Balaban J connectivity index is 2.67. The molecule has 0 unspecified atom stereocenters. The molecule has 0 saturated carbocycles. The lowest BCUT2D eigenvalue weighted by molar-refractivity contribution is 0.412. The van der Waals surface area contributed by atoms with Gasteiger partial charge in [-0.3, -0.25) is 0 Å². The quantitative estimate of drug-likeness (QED) is 0.582. The first-order chi connectivity index (χ1) is 7.13. The summed E-state index contributed by atoms with van der Waals surface area (Å²) < 4.78 is 0. The van der Waals surface area contributed by atoms with Gasteiger partial charge < -0.3 is 4.90 Å². The summed E-state index contributed by atoms with van der Waals surface area (Å²) in [5.74, 6) is 0. The Bertz CT molecular complexity index is 389. The summed E-state index contributed by atoms with van der Waals surface area (Å²) in [6, 6.07) is 5.68. The minimum atomic E-state index is 0.491. The summed E-state index contributed by atoms with van der Waals surface area (Å²) in [5, 5.41) is 9.00. The van der Waals surface area contributed by atoms with Gasteiger partial charge in [-0.2, -0.15) is 5.26 Å². The van der Waals surface area contributed by atoms with E-state index in [1.165, 1.54) is 6.08 Å². The fourth-order valence-corrected chi connectivity index (χ4v) is 1.21. The van der Waals surface area contributed by atoms with E-state index in [1.807, 2.05) is 31.0 Å². The van der Waals surface area contributed by atoms with Crippen molar-refractivity contribution >= 4 is 11.6 Å². The fourth-order valence-electron chi connectivity index (χ4n) is 1.10. The minimum Gasteiger partial charge on any atom is -0.373 e. The van der Waals surface area contributed by atoms with Gasteiger partial charge in [-0.15, -0.1) is 0 Å². The maximum atomic E-state index is 8.51. The van der Waals surface area contributed by atoms with Crippen LogP contribution >= 0.6 is 11.6 Å². The van der Waals surface area contributed by atoms with Crippen molar-refractivity contribution in [2.75, 3.05) is 7.05 Å². The first-order valence-electron chi connectivity index (χ1n) is 4.51. The predicted molar refractivity (Wildman–Crippen MR) is 60.1 cm³/mol. The molecule has 0 spiro atoms. The molecule has 15 heavy (non-hydrogen) atoms. The zero-order chi connectivity index (χ0) is 11.3. The van der Waals surface area contributed by atoms with E-state index >= 15 is 0 Å². The zero-order valence-electron chi connectivity index (χ0n) is 8.74. The number of rotatable bonds is 3. The van der Waals surface area contributed by atoms with E-state index in [1.54, 1.807) is 12.3 Å². The molecule has 1 heterocycles. The standard InChI is InChI=1S/C11H12ClN3/c1-9(5-6-13)15(2)8-10-3-4-11(12)14-7-10/h3-5,7H,8H2,1-2H3. The number of pyridine rings is 1. The van der Waals surface area contributed by atoms with Crippen molar-refractivity contribution in [2.45, 2.75) is 13.5 Å². The molecule has 0 aliphatic heterocycles. The van der Waals surface area contributed by atoms with Crippen LogP contribution in [0.3, 0.4) is 0 Å². The first kappa shape index (κ1) is 11.5. The van der Waals surface area contributed by atoms with E-state index in [4.69, 9.17) is 16.9 Å².